The second-order valence-electron chi connectivity index (χ2n) is 5.06. The van der Waals surface area contributed by atoms with Crippen molar-refractivity contribution in [1.82, 2.24) is 9.36 Å². The third kappa shape index (κ3) is 3.23. The lowest BCUT2D eigenvalue weighted by molar-refractivity contribution is 0.316. The molecule has 3 aromatic rings. The molecule has 0 aliphatic rings. The zero-order chi connectivity index (χ0) is 17.8. The van der Waals surface area contributed by atoms with Crippen LogP contribution >= 0.6 is 11.5 Å². The smallest absolute Gasteiger partial charge is 0.261 e. The van der Waals surface area contributed by atoms with Gasteiger partial charge >= 0.3 is 0 Å². The van der Waals surface area contributed by atoms with Gasteiger partial charge in [-0.2, -0.15) is 4.37 Å². The molecule has 0 saturated heterocycles. The summed E-state index contributed by atoms with van der Waals surface area (Å²) in [6, 6.07) is 9.61. The van der Waals surface area contributed by atoms with Crippen molar-refractivity contribution in [1.29, 1.82) is 0 Å². The molecule has 0 aliphatic carbocycles. The number of ether oxygens (including phenoxy) is 4. The highest BCUT2D eigenvalue weighted by atomic mass is 32.1. The lowest BCUT2D eigenvalue weighted by Gasteiger charge is -2.13. The van der Waals surface area contributed by atoms with Crippen molar-refractivity contribution in [3.05, 3.63) is 35.7 Å². The fraction of sp³-hybridized carbons (Fsp3) is 0.222. The van der Waals surface area contributed by atoms with Gasteiger partial charge in [0.15, 0.2) is 5.75 Å². The Morgan fingerprint density at radius 1 is 0.880 bits per heavy atom. The molecule has 25 heavy (non-hydrogen) atoms. The molecule has 6 nitrogen and oxygen atoms in total. The molecule has 2 heterocycles. The number of methoxy groups -OCH3 is 4. The van der Waals surface area contributed by atoms with E-state index in [1.807, 2.05) is 29.6 Å². The number of benzene rings is 1. The molecule has 0 bridgehead atoms. The summed E-state index contributed by atoms with van der Waals surface area (Å²) in [5.74, 6) is 2.15. The number of nitrogens with zero attached hydrogens (tertiary/aromatic N) is 2. The molecule has 130 valence electrons. The van der Waals surface area contributed by atoms with Crippen LogP contribution in [0.25, 0.3) is 22.5 Å². The summed E-state index contributed by atoms with van der Waals surface area (Å²) in [5.41, 5.74) is 3.42. The summed E-state index contributed by atoms with van der Waals surface area (Å²) >= 11 is 1.37. The van der Waals surface area contributed by atoms with Crippen LogP contribution < -0.4 is 18.9 Å². The van der Waals surface area contributed by atoms with Crippen molar-refractivity contribution in [3.63, 3.8) is 0 Å². The number of rotatable bonds is 6. The lowest BCUT2D eigenvalue weighted by atomic mass is 10.0. The minimum absolute atomic E-state index is 0.352. The molecule has 0 atom stereocenters. The SMILES string of the molecule is COc1ccc(-c2csnc2-c2cc(OC)c(OC)c(OC)n2)cc1. The molecule has 7 heteroatoms. The van der Waals surface area contributed by atoms with Gasteiger partial charge in [0.05, 0.1) is 34.1 Å². The van der Waals surface area contributed by atoms with Crippen LogP contribution in [-0.2, 0) is 0 Å². The lowest BCUT2D eigenvalue weighted by Crippen LogP contribution is -1.99. The van der Waals surface area contributed by atoms with Crippen molar-refractivity contribution in [2.45, 2.75) is 0 Å². The van der Waals surface area contributed by atoms with Crippen LogP contribution in [-0.4, -0.2) is 37.8 Å². The average Bonchev–Trinajstić information content (AvgIpc) is 3.16. The maximum atomic E-state index is 5.41. The Labute approximate surface area is 150 Å². The maximum Gasteiger partial charge on any atom is 0.261 e. The van der Waals surface area contributed by atoms with Gasteiger partial charge in [-0.05, 0) is 29.2 Å². The number of hydrogen-bond acceptors (Lipinski definition) is 7. The summed E-state index contributed by atoms with van der Waals surface area (Å²) in [5, 5.41) is 1.99. The minimum Gasteiger partial charge on any atom is -0.497 e. The van der Waals surface area contributed by atoms with Gasteiger partial charge in [-0.25, -0.2) is 4.98 Å². The van der Waals surface area contributed by atoms with Crippen molar-refractivity contribution < 1.29 is 18.9 Å². The monoisotopic (exact) mass is 358 g/mol. The predicted octanol–water partition coefficient (Wildman–Crippen LogP) is 3.91. The van der Waals surface area contributed by atoms with Gasteiger partial charge in [-0.1, -0.05) is 12.1 Å². The zero-order valence-corrected chi connectivity index (χ0v) is 15.2. The number of pyridine rings is 1. The van der Waals surface area contributed by atoms with E-state index < -0.39 is 0 Å². The van der Waals surface area contributed by atoms with E-state index in [0.717, 1.165) is 22.6 Å². The fourth-order valence-corrected chi connectivity index (χ4v) is 3.19. The standard InChI is InChI=1S/C18H18N2O4S/c1-21-12-7-5-11(6-8-12)13-10-25-20-16(13)14-9-15(22-2)17(23-3)18(19-14)24-4/h5-10H,1-4H3. The Balaban J connectivity index is 2.10. The molecule has 0 amide bonds. The molecule has 0 N–H and O–H groups in total. The third-order valence-corrected chi connectivity index (χ3v) is 4.37. The third-order valence-electron chi connectivity index (χ3n) is 3.74. The Morgan fingerprint density at radius 3 is 2.24 bits per heavy atom. The Bertz CT molecular complexity index is 837. The van der Waals surface area contributed by atoms with Crippen molar-refractivity contribution >= 4 is 11.5 Å². The highest BCUT2D eigenvalue weighted by molar-refractivity contribution is 7.04. The first-order chi connectivity index (χ1) is 12.2. The van der Waals surface area contributed by atoms with E-state index in [9.17, 15) is 0 Å². The predicted molar refractivity (Wildman–Crippen MR) is 97.0 cm³/mol. The summed E-state index contributed by atoms with van der Waals surface area (Å²) in [6.45, 7) is 0. The second kappa shape index (κ2) is 7.40. The molecule has 0 spiro atoms. The zero-order valence-electron chi connectivity index (χ0n) is 14.4. The highest BCUT2D eigenvalue weighted by Gasteiger charge is 2.19. The van der Waals surface area contributed by atoms with E-state index >= 15 is 0 Å². The van der Waals surface area contributed by atoms with Gasteiger partial charge in [-0.15, -0.1) is 0 Å². The average molecular weight is 358 g/mol. The van der Waals surface area contributed by atoms with E-state index in [-0.39, 0.29) is 0 Å². The molecule has 0 radical (unpaired) electrons. The normalized spacial score (nSPS) is 10.4. The molecule has 0 unspecified atom stereocenters. The van der Waals surface area contributed by atoms with Crippen molar-refractivity contribution in [2.24, 2.45) is 0 Å². The summed E-state index contributed by atoms with van der Waals surface area (Å²) in [7, 11) is 6.31. The number of aromatic nitrogens is 2. The van der Waals surface area contributed by atoms with Crippen LogP contribution in [0.3, 0.4) is 0 Å². The molecule has 0 saturated carbocycles. The molecule has 1 aromatic carbocycles. The summed E-state index contributed by atoms with van der Waals surface area (Å²) in [6.07, 6.45) is 0. The van der Waals surface area contributed by atoms with E-state index in [0.29, 0.717) is 23.1 Å². The van der Waals surface area contributed by atoms with Gasteiger partial charge in [-0.3, -0.25) is 0 Å². The van der Waals surface area contributed by atoms with Crippen LogP contribution in [0, 0.1) is 0 Å². The van der Waals surface area contributed by atoms with Crippen LogP contribution in [0.15, 0.2) is 35.7 Å². The molecule has 0 aliphatic heterocycles. The highest BCUT2D eigenvalue weighted by Crippen LogP contribution is 2.41. The van der Waals surface area contributed by atoms with E-state index in [2.05, 4.69) is 9.36 Å². The van der Waals surface area contributed by atoms with E-state index in [4.69, 9.17) is 18.9 Å². The minimum atomic E-state index is 0.352. The van der Waals surface area contributed by atoms with Crippen molar-refractivity contribution in [2.75, 3.05) is 28.4 Å². The molecule has 3 rings (SSSR count). The number of hydrogen-bond donors (Lipinski definition) is 0. The van der Waals surface area contributed by atoms with Gasteiger partial charge in [0.1, 0.15) is 11.4 Å². The van der Waals surface area contributed by atoms with Crippen LogP contribution in [0.2, 0.25) is 0 Å². The first kappa shape index (κ1) is 17.0. The first-order valence-electron chi connectivity index (χ1n) is 7.48. The van der Waals surface area contributed by atoms with Gasteiger partial charge in [0.25, 0.3) is 5.88 Å². The second-order valence-corrected chi connectivity index (χ2v) is 5.69. The molecule has 2 aromatic heterocycles. The molecular formula is C18H18N2O4S. The van der Waals surface area contributed by atoms with E-state index in [1.165, 1.54) is 11.5 Å². The Kier molecular flexibility index (Phi) is 5.04. The molecular weight excluding hydrogens is 340 g/mol. The molecule has 0 fully saturated rings. The topological polar surface area (TPSA) is 62.7 Å². The van der Waals surface area contributed by atoms with Gasteiger partial charge in [0.2, 0.25) is 5.75 Å². The first-order valence-corrected chi connectivity index (χ1v) is 8.31. The van der Waals surface area contributed by atoms with E-state index in [1.54, 1.807) is 34.5 Å². The van der Waals surface area contributed by atoms with Crippen LogP contribution in [0.4, 0.5) is 0 Å². The van der Waals surface area contributed by atoms with Crippen molar-refractivity contribution in [3.8, 4) is 45.6 Å². The summed E-state index contributed by atoms with van der Waals surface area (Å²) < 4.78 is 25.8. The maximum absolute atomic E-state index is 5.41. The summed E-state index contributed by atoms with van der Waals surface area (Å²) in [4.78, 5) is 4.53. The van der Waals surface area contributed by atoms with Crippen LogP contribution in [0.1, 0.15) is 0 Å². The van der Waals surface area contributed by atoms with Gasteiger partial charge < -0.3 is 18.9 Å². The van der Waals surface area contributed by atoms with Crippen LogP contribution in [0.5, 0.6) is 23.1 Å². The largest absolute Gasteiger partial charge is 0.497 e. The quantitative estimate of drug-likeness (QED) is 0.666. The Hall–Kier alpha value is -2.80. The fourth-order valence-electron chi connectivity index (χ4n) is 2.48. The van der Waals surface area contributed by atoms with Gasteiger partial charge in [0, 0.05) is 17.0 Å². The Morgan fingerprint density at radius 2 is 1.64 bits per heavy atom.